The number of methoxy groups -OCH3 is 1. The van der Waals surface area contributed by atoms with Crippen molar-refractivity contribution in [1.29, 1.82) is 0 Å². The molecular weight excluding hydrogens is 424 g/mol. The van der Waals surface area contributed by atoms with E-state index in [1.54, 1.807) is 12.1 Å². The van der Waals surface area contributed by atoms with E-state index in [1.807, 2.05) is 26.0 Å². The van der Waals surface area contributed by atoms with Gasteiger partial charge in [0.25, 0.3) is 0 Å². The van der Waals surface area contributed by atoms with Gasteiger partial charge in [0.2, 0.25) is 0 Å². The summed E-state index contributed by atoms with van der Waals surface area (Å²) in [6, 6.07) is 8.67. The Morgan fingerprint density at radius 1 is 1.33 bits per heavy atom. The summed E-state index contributed by atoms with van der Waals surface area (Å²) in [4.78, 5) is 11.5. The molecule has 0 atom stereocenters. The second-order valence-corrected chi connectivity index (χ2v) is 6.40. The van der Waals surface area contributed by atoms with E-state index in [4.69, 9.17) is 4.74 Å². The van der Waals surface area contributed by atoms with Gasteiger partial charge in [-0.25, -0.2) is 9.18 Å². The number of benzene rings is 2. The lowest BCUT2D eigenvalue weighted by Gasteiger charge is -2.15. The second kappa shape index (κ2) is 8.32. The van der Waals surface area contributed by atoms with Crippen LogP contribution in [0, 0.1) is 16.3 Å². The van der Waals surface area contributed by atoms with Crippen LogP contribution >= 0.6 is 22.6 Å². The highest BCUT2D eigenvalue weighted by Crippen LogP contribution is 2.27. The molecule has 0 saturated heterocycles. The smallest absolute Gasteiger partial charge is 0.411 e. The van der Waals surface area contributed by atoms with Gasteiger partial charge in [0, 0.05) is 9.13 Å². The van der Waals surface area contributed by atoms with Gasteiger partial charge in [-0.1, -0.05) is 13.0 Å². The molecule has 0 spiro atoms. The van der Waals surface area contributed by atoms with Crippen LogP contribution in [0.4, 0.5) is 14.9 Å². The molecule has 0 aliphatic heterocycles. The SMILES string of the molecule is CCc1cc(F)c(OCc2c(I)cccc2NC(=O)OC)cc1C. The van der Waals surface area contributed by atoms with Gasteiger partial charge in [0.05, 0.1) is 12.8 Å². The largest absolute Gasteiger partial charge is 0.486 e. The summed E-state index contributed by atoms with van der Waals surface area (Å²) < 4.78 is 25.4. The van der Waals surface area contributed by atoms with E-state index >= 15 is 0 Å². The second-order valence-electron chi connectivity index (χ2n) is 5.23. The maximum Gasteiger partial charge on any atom is 0.411 e. The van der Waals surface area contributed by atoms with Crippen molar-refractivity contribution in [3.8, 4) is 5.75 Å². The Balaban J connectivity index is 2.23. The van der Waals surface area contributed by atoms with E-state index in [0.717, 1.165) is 26.7 Å². The third-order valence-corrected chi connectivity index (χ3v) is 4.70. The van der Waals surface area contributed by atoms with Gasteiger partial charge in [-0.15, -0.1) is 0 Å². The monoisotopic (exact) mass is 443 g/mol. The first kappa shape index (κ1) is 18.5. The van der Waals surface area contributed by atoms with Gasteiger partial charge < -0.3 is 9.47 Å². The summed E-state index contributed by atoms with van der Waals surface area (Å²) in [6.07, 6.45) is 0.208. The molecular formula is C18H19FINO3. The van der Waals surface area contributed by atoms with Gasteiger partial charge in [-0.2, -0.15) is 0 Å². The van der Waals surface area contributed by atoms with Gasteiger partial charge in [0.1, 0.15) is 6.61 Å². The number of hydrogen-bond donors (Lipinski definition) is 1. The van der Waals surface area contributed by atoms with Crippen LogP contribution in [0.25, 0.3) is 0 Å². The Bertz CT molecular complexity index is 749. The normalized spacial score (nSPS) is 10.4. The Morgan fingerprint density at radius 2 is 2.08 bits per heavy atom. The Hall–Kier alpha value is -1.83. The third kappa shape index (κ3) is 4.37. The molecule has 24 heavy (non-hydrogen) atoms. The van der Waals surface area contributed by atoms with E-state index in [1.165, 1.54) is 13.2 Å². The first-order chi connectivity index (χ1) is 11.5. The zero-order valence-electron chi connectivity index (χ0n) is 13.8. The van der Waals surface area contributed by atoms with E-state index in [-0.39, 0.29) is 18.2 Å². The van der Waals surface area contributed by atoms with Crippen LogP contribution in [0.5, 0.6) is 5.75 Å². The number of aryl methyl sites for hydroxylation is 2. The summed E-state index contributed by atoms with van der Waals surface area (Å²) in [5.74, 6) is -0.181. The summed E-state index contributed by atoms with van der Waals surface area (Å²) >= 11 is 2.15. The first-order valence-electron chi connectivity index (χ1n) is 7.50. The Morgan fingerprint density at radius 3 is 2.75 bits per heavy atom. The number of ether oxygens (including phenoxy) is 2. The van der Waals surface area contributed by atoms with Crippen LogP contribution in [-0.4, -0.2) is 13.2 Å². The number of hydrogen-bond acceptors (Lipinski definition) is 3. The molecule has 0 aliphatic carbocycles. The van der Waals surface area contributed by atoms with Gasteiger partial charge in [-0.05, 0) is 71.3 Å². The van der Waals surface area contributed by atoms with Gasteiger partial charge >= 0.3 is 6.09 Å². The van der Waals surface area contributed by atoms with Crippen LogP contribution < -0.4 is 10.1 Å². The lowest BCUT2D eigenvalue weighted by atomic mass is 10.1. The number of carbonyl (C=O) groups is 1. The summed E-state index contributed by atoms with van der Waals surface area (Å²) in [7, 11) is 1.30. The molecule has 2 rings (SSSR count). The standard InChI is InChI=1S/C18H19FINO3/c1-4-12-9-14(19)17(8-11(12)2)24-10-13-15(20)6-5-7-16(13)21-18(22)23-3/h5-9H,4,10H2,1-3H3,(H,21,22). The lowest BCUT2D eigenvalue weighted by Crippen LogP contribution is -2.14. The zero-order chi connectivity index (χ0) is 17.7. The van der Waals surface area contributed by atoms with Crippen molar-refractivity contribution in [1.82, 2.24) is 0 Å². The van der Waals surface area contributed by atoms with E-state index in [0.29, 0.717) is 5.69 Å². The number of halogens is 2. The molecule has 6 heteroatoms. The topological polar surface area (TPSA) is 47.6 Å². The summed E-state index contributed by atoms with van der Waals surface area (Å²) in [5, 5.41) is 2.64. The predicted octanol–water partition coefficient (Wildman–Crippen LogP) is 5.06. The van der Waals surface area contributed by atoms with Crippen molar-refractivity contribution in [2.24, 2.45) is 0 Å². The number of amides is 1. The van der Waals surface area contributed by atoms with Crippen molar-refractivity contribution in [2.75, 3.05) is 12.4 Å². The van der Waals surface area contributed by atoms with Crippen LogP contribution in [-0.2, 0) is 17.8 Å². The molecule has 2 aromatic rings. The van der Waals surface area contributed by atoms with E-state index < -0.39 is 6.09 Å². The molecule has 1 N–H and O–H groups in total. The molecule has 1 amide bonds. The molecule has 128 valence electrons. The maximum absolute atomic E-state index is 14.2. The molecule has 0 aromatic heterocycles. The summed E-state index contributed by atoms with van der Waals surface area (Å²) in [6.45, 7) is 4.06. The minimum Gasteiger partial charge on any atom is -0.486 e. The van der Waals surface area contributed by atoms with Crippen molar-refractivity contribution in [3.05, 3.63) is 56.4 Å². The minimum atomic E-state index is -0.562. The molecule has 0 heterocycles. The molecule has 2 aromatic carbocycles. The Labute approximate surface area is 154 Å². The maximum atomic E-state index is 14.2. The molecule has 0 unspecified atom stereocenters. The van der Waals surface area contributed by atoms with Gasteiger partial charge in [0.15, 0.2) is 11.6 Å². The molecule has 4 nitrogen and oxygen atoms in total. The average Bonchev–Trinajstić information content (AvgIpc) is 2.56. The van der Waals surface area contributed by atoms with Crippen molar-refractivity contribution < 1.29 is 18.7 Å². The predicted molar refractivity (Wildman–Crippen MR) is 100 cm³/mol. The number of rotatable bonds is 5. The Kier molecular flexibility index (Phi) is 6.42. The van der Waals surface area contributed by atoms with Crippen LogP contribution in [0.2, 0.25) is 0 Å². The van der Waals surface area contributed by atoms with Crippen molar-refractivity contribution >= 4 is 34.4 Å². The zero-order valence-corrected chi connectivity index (χ0v) is 15.9. The van der Waals surface area contributed by atoms with Crippen LogP contribution in [0.3, 0.4) is 0 Å². The number of anilines is 1. The highest BCUT2D eigenvalue weighted by Gasteiger charge is 2.13. The fraction of sp³-hybridized carbons (Fsp3) is 0.278. The molecule has 0 aliphatic rings. The van der Waals surface area contributed by atoms with E-state index in [2.05, 4.69) is 32.6 Å². The number of carbonyl (C=O) groups excluding carboxylic acids is 1. The van der Waals surface area contributed by atoms with E-state index in [9.17, 15) is 9.18 Å². The van der Waals surface area contributed by atoms with Crippen molar-refractivity contribution in [3.63, 3.8) is 0 Å². The van der Waals surface area contributed by atoms with Gasteiger partial charge in [-0.3, -0.25) is 5.32 Å². The third-order valence-electron chi connectivity index (χ3n) is 3.68. The van der Waals surface area contributed by atoms with Crippen molar-refractivity contribution in [2.45, 2.75) is 26.9 Å². The fourth-order valence-electron chi connectivity index (χ4n) is 2.32. The van der Waals surface area contributed by atoms with Crippen LogP contribution in [0.1, 0.15) is 23.6 Å². The molecule has 0 radical (unpaired) electrons. The highest BCUT2D eigenvalue weighted by atomic mass is 127. The van der Waals surface area contributed by atoms with Crippen LogP contribution in [0.15, 0.2) is 30.3 Å². The number of nitrogens with one attached hydrogen (secondary N) is 1. The lowest BCUT2D eigenvalue weighted by molar-refractivity contribution is 0.187. The molecule has 0 fully saturated rings. The molecule has 0 bridgehead atoms. The first-order valence-corrected chi connectivity index (χ1v) is 8.58. The quantitative estimate of drug-likeness (QED) is 0.658. The highest BCUT2D eigenvalue weighted by molar-refractivity contribution is 14.1. The minimum absolute atomic E-state index is 0.139. The average molecular weight is 443 g/mol. The fourth-order valence-corrected chi connectivity index (χ4v) is 2.97. The summed E-state index contributed by atoms with van der Waals surface area (Å²) in [5.41, 5.74) is 3.29. The molecule has 0 saturated carbocycles.